The smallest absolute Gasteiger partial charge is 0.274 e. The van der Waals surface area contributed by atoms with E-state index >= 15 is 0 Å². The van der Waals surface area contributed by atoms with Gasteiger partial charge in [0.1, 0.15) is 22.8 Å². The number of amides is 1. The van der Waals surface area contributed by atoms with Crippen molar-refractivity contribution in [3.63, 3.8) is 0 Å². The molecule has 1 amide bonds. The number of aryl methyl sites for hydroxylation is 1. The highest BCUT2D eigenvalue weighted by atomic mass is 35.5. The molecule has 0 bridgehead atoms. The molecule has 8 nitrogen and oxygen atoms in total. The van der Waals surface area contributed by atoms with Crippen LogP contribution < -0.4 is 20.7 Å². The normalized spacial score (nSPS) is 15.6. The summed E-state index contributed by atoms with van der Waals surface area (Å²) in [5, 5.41) is 4.29. The lowest BCUT2D eigenvalue weighted by molar-refractivity contribution is 0.102. The Bertz CT molecular complexity index is 1450. The molecule has 3 heterocycles. The number of hydrogen-bond acceptors (Lipinski definition) is 8. The highest BCUT2D eigenvalue weighted by Gasteiger charge is 2.27. The molecule has 1 saturated heterocycles. The van der Waals surface area contributed by atoms with Crippen molar-refractivity contribution in [1.82, 2.24) is 15.0 Å². The summed E-state index contributed by atoms with van der Waals surface area (Å²) >= 11 is 8.06. The molecule has 3 N–H and O–H groups in total. The molecule has 1 atom stereocenters. The maximum Gasteiger partial charge on any atom is 0.274 e. The first-order valence-corrected chi connectivity index (χ1v) is 12.1. The zero-order chi connectivity index (χ0) is 24.7. The summed E-state index contributed by atoms with van der Waals surface area (Å²) in [4.78, 5) is 28.6. The van der Waals surface area contributed by atoms with E-state index in [0.717, 1.165) is 33.9 Å². The SMILES string of the molecule is COc1cccc(F)c1-c1nccc(C(=O)Nc2cc(Cl)c3sc(C)nc3c2N2CCC(N)C2)n1. The lowest BCUT2D eigenvalue weighted by atomic mass is 10.1. The summed E-state index contributed by atoms with van der Waals surface area (Å²) in [6.07, 6.45) is 2.24. The van der Waals surface area contributed by atoms with Crippen molar-refractivity contribution in [2.75, 3.05) is 30.4 Å². The molecule has 0 aliphatic carbocycles. The molecule has 4 aromatic rings. The number of methoxy groups -OCH3 is 1. The fourth-order valence-corrected chi connectivity index (χ4v) is 5.37. The van der Waals surface area contributed by atoms with Gasteiger partial charge in [-0.3, -0.25) is 4.79 Å². The molecule has 35 heavy (non-hydrogen) atoms. The second-order valence-corrected chi connectivity index (χ2v) is 9.81. The number of aromatic nitrogens is 3. The van der Waals surface area contributed by atoms with Crippen LogP contribution in [0.25, 0.3) is 21.6 Å². The predicted molar refractivity (Wildman–Crippen MR) is 136 cm³/mol. The van der Waals surface area contributed by atoms with Gasteiger partial charge in [0.25, 0.3) is 5.91 Å². The van der Waals surface area contributed by atoms with Crippen molar-refractivity contribution in [2.45, 2.75) is 19.4 Å². The van der Waals surface area contributed by atoms with Crippen LogP contribution in [0.15, 0.2) is 36.5 Å². The summed E-state index contributed by atoms with van der Waals surface area (Å²) in [6, 6.07) is 7.64. The van der Waals surface area contributed by atoms with E-state index < -0.39 is 11.7 Å². The molecule has 5 rings (SSSR count). The highest BCUT2D eigenvalue weighted by molar-refractivity contribution is 7.19. The molecule has 2 aromatic heterocycles. The minimum atomic E-state index is -0.550. The number of fused-ring (bicyclic) bond motifs is 1. The number of rotatable bonds is 5. The lowest BCUT2D eigenvalue weighted by Gasteiger charge is -2.23. The van der Waals surface area contributed by atoms with Crippen molar-refractivity contribution in [3.8, 4) is 17.1 Å². The third kappa shape index (κ3) is 4.40. The van der Waals surface area contributed by atoms with Gasteiger partial charge in [-0.05, 0) is 37.6 Å². The topological polar surface area (TPSA) is 106 Å². The number of anilines is 2. The maximum atomic E-state index is 14.6. The van der Waals surface area contributed by atoms with Gasteiger partial charge in [-0.15, -0.1) is 11.3 Å². The standard InChI is InChI=1S/C24H22ClFN6O2S/c1-12-29-20-21(32-9-7-13(27)11-32)17(10-14(25)22(20)35-12)31-24(33)16-6-8-28-23(30-16)19-15(26)4-3-5-18(19)34-2/h3-6,8,10,13H,7,9,11,27H2,1-2H3,(H,31,33). The van der Waals surface area contributed by atoms with Crippen molar-refractivity contribution in [2.24, 2.45) is 5.73 Å². The third-order valence-electron chi connectivity index (χ3n) is 5.80. The van der Waals surface area contributed by atoms with E-state index in [1.54, 1.807) is 12.1 Å². The van der Waals surface area contributed by atoms with E-state index in [2.05, 4.69) is 25.2 Å². The number of nitrogens with two attached hydrogens (primary N) is 1. The fourth-order valence-electron chi connectivity index (χ4n) is 4.23. The molecule has 2 aromatic carbocycles. The van der Waals surface area contributed by atoms with Gasteiger partial charge in [0.15, 0.2) is 5.82 Å². The summed E-state index contributed by atoms with van der Waals surface area (Å²) in [7, 11) is 1.43. The largest absolute Gasteiger partial charge is 0.496 e. The second kappa shape index (κ2) is 9.37. The van der Waals surface area contributed by atoms with Crippen molar-refractivity contribution in [1.29, 1.82) is 0 Å². The van der Waals surface area contributed by atoms with E-state index in [1.165, 1.54) is 42.8 Å². The Morgan fingerprint density at radius 1 is 1.34 bits per heavy atom. The zero-order valence-corrected chi connectivity index (χ0v) is 20.6. The minimum absolute atomic E-state index is 0.0317. The molecule has 1 unspecified atom stereocenters. The minimum Gasteiger partial charge on any atom is -0.496 e. The van der Waals surface area contributed by atoms with Crippen LogP contribution in [0.3, 0.4) is 0 Å². The van der Waals surface area contributed by atoms with E-state index in [1.807, 2.05) is 6.92 Å². The maximum absolute atomic E-state index is 14.6. The Labute approximate surface area is 209 Å². The first-order valence-electron chi connectivity index (χ1n) is 10.9. The number of hydrogen-bond donors (Lipinski definition) is 2. The van der Waals surface area contributed by atoms with Crippen molar-refractivity contribution in [3.05, 3.63) is 58.1 Å². The molecule has 1 aliphatic heterocycles. The van der Waals surface area contributed by atoms with Crippen LogP contribution in [0, 0.1) is 12.7 Å². The summed E-state index contributed by atoms with van der Waals surface area (Å²) in [5.41, 5.74) is 8.32. The number of nitrogens with zero attached hydrogens (tertiary/aromatic N) is 4. The van der Waals surface area contributed by atoms with Crippen LogP contribution in [0.4, 0.5) is 15.8 Å². The number of nitrogens with one attached hydrogen (secondary N) is 1. The van der Waals surface area contributed by atoms with E-state index in [-0.39, 0.29) is 28.9 Å². The predicted octanol–water partition coefficient (Wildman–Crippen LogP) is 4.65. The number of thiazole rings is 1. The van der Waals surface area contributed by atoms with Gasteiger partial charge in [-0.25, -0.2) is 19.3 Å². The second-order valence-electron chi connectivity index (χ2n) is 8.20. The average Bonchev–Trinajstić information content (AvgIpc) is 3.44. The average molecular weight is 513 g/mol. The molecule has 1 fully saturated rings. The van der Waals surface area contributed by atoms with E-state index in [9.17, 15) is 9.18 Å². The molecule has 11 heteroatoms. The lowest BCUT2D eigenvalue weighted by Crippen LogP contribution is -2.27. The molecular formula is C24H22ClFN6O2S. The Balaban J connectivity index is 1.54. The number of halogens is 2. The first kappa shape index (κ1) is 23.4. The molecule has 0 saturated carbocycles. The monoisotopic (exact) mass is 512 g/mol. The summed E-state index contributed by atoms with van der Waals surface area (Å²) < 4.78 is 20.7. The van der Waals surface area contributed by atoms with Crippen LogP contribution in [0.5, 0.6) is 5.75 Å². The molecule has 1 aliphatic rings. The van der Waals surface area contributed by atoms with Crippen LogP contribution >= 0.6 is 22.9 Å². The number of ether oxygens (including phenoxy) is 1. The van der Waals surface area contributed by atoms with Crippen LogP contribution in [-0.4, -0.2) is 47.1 Å². The number of carbonyl (C=O) groups excluding carboxylic acids is 1. The van der Waals surface area contributed by atoms with Gasteiger partial charge in [-0.2, -0.15) is 0 Å². The van der Waals surface area contributed by atoms with Gasteiger partial charge in [0.05, 0.1) is 38.8 Å². The first-order chi connectivity index (χ1) is 16.9. The summed E-state index contributed by atoms with van der Waals surface area (Å²) in [5.74, 6) is -0.727. The van der Waals surface area contributed by atoms with E-state index in [4.69, 9.17) is 22.1 Å². The van der Waals surface area contributed by atoms with Crippen LogP contribution in [0.2, 0.25) is 5.02 Å². The fraction of sp³-hybridized carbons (Fsp3) is 0.250. The quantitative estimate of drug-likeness (QED) is 0.401. The van der Waals surface area contributed by atoms with Gasteiger partial charge in [0, 0.05) is 25.3 Å². The number of carbonyl (C=O) groups is 1. The molecule has 180 valence electrons. The van der Waals surface area contributed by atoms with Gasteiger partial charge < -0.3 is 20.7 Å². The van der Waals surface area contributed by atoms with Gasteiger partial charge in [0.2, 0.25) is 0 Å². The van der Waals surface area contributed by atoms with Gasteiger partial charge in [-0.1, -0.05) is 17.7 Å². The Morgan fingerprint density at radius 2 is 2.17 bits per heavy atom. The van der Waals surface area contributed by atoms with Crippen molar-refractivity contribution < 1.29 is 13.9 Å². The highest BCUT2D eigenvalue weighted by Crippen LogP contribution is 2.42. The van der Waals surface area contributed by atoms with Crippen LogP contribution in [0.1, 0.15) is 21.9 Å². The molecule has 0 spiro atoms. The van der Waals surface area contributed by atoms with Crippen molar-refractivity contribution >= 4 is 50.4 Å². The third-order valence-corrected chi connectivity index (χ3v) is 7.21. The number of benzene rings is 2. The van der Waals surface area contributed by atoms with Gasteiger partial charge >= 0.3 is 0 Å². The zero-order valence-electron chi connectivity index (χ0n) is 19.0. The van der Waals surface area contributed by atoms with Crippen LogP contribution in [-0.2, 0) is 0 Å². The molecule has 0 radical (unpaired) electrons. The Hall–Kier alpha value is -3.34. The summed E-state index contributed by atoms with van der Waals surface area (Å²) in [6.45, 7) is 3.29. The molecular weight excluding hydrogens is 491 g/mol. The Kier molecular flexibility index (Phi) is 6.26. The Morgan fingerprint density at radius 3 is 2.91 bits per heavy atom. The van der Waals surface area contributed by atoms with E-state index in [0.29, 0.717) is 17.3 Å².